The molecule has 1 fully saturated rings. The minimum Gasteiger partial charge on any atom is -0.329 e. The maximum atomic E-state index is 12.8. The largest absolute Gasteiger partial charge is 0.393 e. The molecule has 1 aromatic rings. The van der Waals surface area contributed by atoms with Gasteiger partial charge in [0.15, 0.2) is 0 Å². The van der Waals surface area contributed by atoms with E-state index in [1.807, 2.05) is 17.0 Å². The summed E-state index contributed by atoms with van der Waals surface area (Å²) in [6.07, 6.45) is -3.30. The second-order valence-electron chi connectivity index (χ2n) is 4.77. The lowest BCUT2D eigenvalue weighted by atomic mass is 9.96. The third-order valence-corrected chi connectivity index (χ3v) is 5.23. The summed E-state index contributed by atoms with van der Waals surface area (Å²) in [5.41, 5.74) is 5.77. The molecule has 0 aliphatic carbocycles. The molecule has 0 radical (unpaired) electrons. The molecule has 7 heteroatoms. The Morgan fingerprint density at radius 1 is 1.47 bits per heavy atom. The smallest absolute Gasteiger partial charge is 0.329 e. The van der Waals surface area contributed by atoms with E-state index in [0.717, 1.165) is 8.66 Å². The van der Waals surface area contributed by atoms with Crippen LogP contribution >= 0.6 is 27.3 Å². The molecule has 1 aromatic heterocycles. The fourth-order valence-corrected chi connectivity index (χ4v) is 4.08. The van der Waals surface area contributed by atoms with Crippen molar-refractivity contribution in [1.82, 2.24) is 4.90 Å². The van der Waals surface area contributed by atoms with Gasteiger partial charge < -0.3 is 5.73 Å². The van der Waals surface area contributed by atoms with E-state index in [0.29, 0.717) is 19.5 Å². The number of hydrogen-bond donors (Lipinski definition) is 1. The number of piperidine rings is 1. The Morgan fingerprint density at radius 3 is 2.74 bits per heavy atom. The summed E-state index contributed by atoms with van der Waals surface area (Å²) in [6.45, 7) is 1.09. The summed E-state index contributed by atoms with van der Waals surface area (Å²) in [4.78, 5) is 2.90. The molecule has 2 N–H and O–H groups in total. The van der Waals surface area contributed by atoms with Crippen LogP contribution in [0.2, 0.25) is 0 Å². The lowest BCUT2D eigenvalue weighted by Crippen LogP contribution is -2.45. The molecule has 0 amide bonds. The zero-order valence-corrected chi connectivity index (χ0v) is 12.7. The van der Waals surface area contributed by atoms with Crippen LogP contribution < -0.4 is 5.73 Å². The number of rotatable bonds is 3. The predicted octanol–water partition coefficient (Wildman–Crippen LogP) is 3.78. The standard InChI is InChI=1S/C12H16BrF3N2S/c13-11-4-3-10(19-11)9(6-17)18-5-1-2-8(7-18)12(14,15)16/h3-4,8-9H,1-2,5-7,17H2. The summed E-state index contributed by atoms with van der Waals surface area (Å²) in [5.74, 6) is -1.22. The van der Waals surface area contributed by atoms with Gasteiger partial charge in [0.05, 0.1) is 15.7 Å². The second kappa shape index (κ2) is 6.11. The van der Waals surface area contributed by atoms with Crippen LogP contribution in [0.4, 0.5) is 13.2 Å². The van der Waals surface area contributed by atoms with Gasteiger partial charge in [0.2, 0.25) is 0 Å². The Balaban J connectivity index is 2.10. The van der Waals surface area contributed by atoms with Gasteiger partial charge in [-0.1, -0.05) is 0 Å². The number of alkyl halides is 3. The topological polar surface area (TPSA) is 29.3 Å². The molecule has 1 saturated heterocycles. The van der Waals surface area contributed by atoms with E-state index in [1.165, 1.54) is 11.3 Å². The van der Waals surface area contributed by atoms with Crippen molar-refractivity contribution in [2.75, 3.05) is 19.6 Å². The highest BCUT2D eigenvalue weighted by atomic mass is 79.9. The van der Waals surface area contributed by atoms with Gasteiger partial charge in [0.1, 0.15) is 0 Å². The van der Waals surface area contributed by atoms with Crippen molar-refractivity contribution in [1.29, 1.82) is 0 Å². The van der Waals surface area contributed by atoms with E-state index in [2.05, 4.69) is 15.9 Å². The van der Waals surface area contributed by atoms with Gasteiger partial charge in [-0.05, 0) is 47.4 Å². The maximum absolute atomic E-state index is 12.8. The Hall–Kier alpha value is -0.110. The Labute approximate surface area is 122 Å². The Bertz CT molecular complexity index is 421. The van der Waals surface area contributed by atoms with Crippen molar-refractivity contribution in [3.05, 3.63) is 20.8 Å². The highest BCUT2D eigenvalue weighted by Gasteiger charge is 2.42. The van der Waals surface area contributed by atoms with E-state index in [-0.39, 0.29) is 19.0 Å². The molecule has 0 aromatic carbocycles. The van der Waals surface area contributed by atoms with Gasteiger partial charge in [0, 0.05) is 18.0 Å². The number of nitrogens with two attached hydrogens (primary N) is 1. The molecule has 2 atom stereocenters. The van der Waals surface area contributed by atoms with E-state index in [9.17, 15) is 13.2 Å². The summed E-state index contributed by atoms with van der Waals surface area (Å²) in [7, 11) is 0. The third-order valence-electron chi connectivity index (χ3n) is 3.50. The molecule has 0 saturated carbocycles. The Kier molecular flexibility index (Phi) is 4.92. The highest BCUT2D eigenvalue weighted by Crippen LogP contribution is 2.37. The fraction of sp³-hybridized carbons (Fsp3) is 0.667. The molecular formula is C12H16BrF3N2S. The molecule has 2 heterocycles. The van der Waals surface area contributed by atoms with Gasteiger partial charge in [-0.2, -0.15) is 13.2 Å². The van der Waals surface area contributed by atoms with Crippen molar-refractivity contribution in [2.24, 2.45) is 11.7 Å². The number of nitrogens with zero attached hydrogens (tertiary/aromatic N) is 1. The lowest BCUT2D eigenvalue weighted by Gasteiger charge is -2.38. The first-order valence-electron chi connectivity index (χ1n) is 6.18. The van der Waals surface area contributed by atoms with Crippen LogP contribution in [0.1, 0.15) is 23.8 Å². The maximum Gasteiger partial charge on any atom is 0.393 e. The zero-order valence-electron chi connectivity index (χ0n) is 10.3. The van der Waals surface area contributed by atoms with Crippen LogP contribution in [0.25, 0.3) is 0 Å². The van der Waals surface area contributed by atoms with Gasteiger partial charge >= 0.3 is 6.18 Å². The minimum absolute atomic E-state index is 0.0564. The van der Waals surface area contributed by atoms with Crippen molar-refractivity contribution in [2.45, 2.75) is 25.1 Å². The molecule has 2 unspecified atom stereocenters. The predicted molar refractivity (Wildman–Crippen MR) is 74.2 cm³/mol. The van der Waals surface area contributed by atoms with Crippen LogP contribution in [0, 0.1) is 5.92 Å². The first-order chi connectivity index (χ1) is 8.91. The monoisotopic (exact) mass is 356 g/mol. The number of likely N-dealkylation sites (tertiary alicyclic amines) is 1. The number of thiophene rings is 1. The summed E-state index contributed by atoms with van der Waals surface area (Å²) >= 11 is 4.91. The van der Waals surface area contributed by atoms with Crippen LogP contribution in [-0.4, -0.2) is 30.7 Å². The van der Waals surface area contributed by atoms with Crippen LogP contribution in [0.15, 0.2) is 15.9 Å². The molecule has 108 valence electrons. The third kappa shape index (κ3) is 3.71. The number of halogens is 4. The van der Waals surface area contributed by atoms with E-state index in [4.69, 9.17) is 5.73 Å². The highest BCUT2D eigenvalue weighted by molar-refractivity contribution is 9.11. The second-order valence-corrected chi connectivity index (χ2v) is 7.26. The van der Waals surface area contributed by atoms with Crippen molar-refractivity contribution < 1.29 is 13.2 Å². The summed E-state index contributed by atoms with van der Waals surface area (Å²) in [6, 6.07) is 3.73. The molecule has 0 bridgehead atoms. The summed E-state index contributed by atoms with van der Waals surface area (Å²) in [5, 5.41) is 0. The molecule has 19 heavy (non-hydrogen) atoms. The van der Waals surface area contributed by atoms with Crippen LogP contribution in [0.5, 0.6) is 0 Å². The average Bonchev–Trinajstić information content (AvgIpc) is 2.76. The van der Waals surface area contributed by atoms with Crippen molar-refractivity contribution in [3.8, 4) is 0 Å². The fourth-order valence-electron chi connectivity index (χ4n) is 2.51. The Morgan fingerprint density at radius 2 is 2.21 bits per heavy atom. The lowest BCUT2D eigenvalue weighted by molar-refractivity contribution is -0.188. The van der Waals surface area contributed by atoms with Crippen LogP contribution in [-0.2, 0) is 0 Å². The van der Waals surface area contributed by atoms with Crippen molar-refractivity contribution >= 4 is 27.3 Å². The quantitative estimate of drug-likeness (QED) is 0.892. The first-order valence-corrected chi connectivity index (χ1v) is 7.79. The molecular weight excluding hydrogens is 341 g/mol. The molecule has 1 aliphatic heterocycles. The van der Waals surface area contributed by atoms with Gasteiger partial charge in [-0.3, -0.25) is 4.90 Å². The molecule has 2 nitrogen and oxygen atoms in total. The SMILES string of the molecule is NCC(c1ccc(Br)s1)N1CCCC(C(F)(F)F)C1. The molecule has 1 aliphatic rings. The van der Waals surface area contributed by atoms with E-state index >= 15 is 0 Å². The molecule has 2 rings (SSSR count). The van der Waals surface area contributed by atoms with Gasteiger partial charge in [-0.15, -0.1) is 11.3 Å². The molecule has 0 spiro atoms. The number of hydrogen-bond acceptors (Lipinski definition) is 3. The van der Waals surface area contributed by atoms with Gasteiger partial charge in [0.25, 0.3) is 0 Å². The van der Waals surface area contributed by atoms with Crippen LogP contribution in [0.3, 0.4) is 0 Å². The van der Waals surface area contributed by atoms with Gasteiger partial charge in [-0.25, -0.2) is 0 Å². The first kappa shape index (κ1) is 15.3. The normalized spacial score (nSPS) is 23.5. The average molecular weight is 357 g/mol. The van der Waals surface area contributed by atoms with E-state index in [1.54, 1.807) is 0 Å². The van der Waals surface area contributed by atoms with E-state index < -0.39 is 12.1 Å². The minimum atomic E-state index is -4.10. The zero-order chi connectivity index (χ0) is 14.0. The van der Waals surface area contributed by atoms with Crippen molar-refractivity contribution in [3.63, 3.8) is 0 Å². The summed E-state index contributed by atoms with van der Waals surface area (Å²) < 4.78 is 39.5.